The van der Waals surface area contributed by atoms with Gasteiger partial charge < -0.3 is 15.0 Å². The maximum Gasteiger partial charge on any atom is 0.253 e. The molecule has 31 heavy (non-hydrogen) atoms. The molecular weight excluding hydrogens is 386 g/mol. The number of ether oxygens (including phenoxy) is 1. The molecule has 5 heteroatoms. The highest BCUT2D eigenvalue weighted by atomic mass is 16.5. The lowest BCUT2D eigenvalue weighted by Crippen LogP contribution is -2.30. The molecule has 1 atom stereocenters. The summed E-state index contributed by atoms with van der Waals surface area (Å²) in [6.07, 6.45) is 4.77. The number of carbonyl (C=O) groups is 1. The Bertz CT molecular complexity index is 812. The van der Waals surface area contributed by atoms with Gasteiger partial charge in [0.05, 0.1) is 7.11 Å². The highest BCUT2D eigenvalue weighted by molar-refractivity contribution is 5.94. The second-order valence-electron chi connectivity index (χ2n) is 8.16. The average molecular weight is 424 g/mol. The van der Waals surface area contributed by atoms with Crippen LogP contribution in [0.3, 0.4) is 0 Å². The number of hydrogen-bond donors (Lipinski definition) is 1. The summed E-state index contributed by atoms with van der Waals surface area (Å²) in [5.41, 5.74) is 3.16. The normalized spacial score (nSPS) is 14.9. The van der Waals surface area contributed by atoms with Crippen molar-refractivity contribution in [1.29, 1.82) is 0 Å². The summed E-state index contributed by atoms with van der Waals surface area (Å²) < 4.78 is 5.45. The lowest BCUT2D eigenvalue weighted by Gasteiger charge is -2.28. The highest BCUT2D eigenvalue weighted by Gasteiger charge is 2.23. The fraction of sp³-hybridized carbons (Fsp3) is 0.500. The summed E-state index contributed by atoms with van der Waals surface area (Å²) >= 11 is 0. The van der Waals surface area contributed by atoms with Crippen LogP contribution in [0.15, 0.2) is 48.5 Å². The Morgan fingerprint density at radius 2 is 1.81 bits per heavy atom. The average Bonchev–Trinajstić information content (AvgIpc) is 3.35. The van der Waals surface area contributed by atoms with Crippen molar-refractivity contribution in [3.63, 3.8) is 0 Å². The molecule has 1 unspecified atom stereocenters. The molecule has 1 N–H and O–H groups in total. The van der Waals surface area contributed by atoms with Crippen LogP contribution in [0, 0.1) is 0 Å². The number of carbonyl (C=O) groups excluding carboxylic acids is 1. The van der Waals surface area contributed by atoms with E-state index < -0.39 is 0 Å². The Balaban J connectivity index is 1.54. The summed E-state index contributed by atoms with van der Waals surface area (Å²) in [5, 5.41) is 3.52. The molecule has 0 bridgehead atoms. The molecule has 1 aliphatic heterocycles. The number of nitrogens with one attached hydrogen (secondary N) is 1. The zero-order valence-electron chi connectivity index (χ0n) is 19.3. The van der Waals surface area contributed by atoms with E-state index in [2.05, 4.69) is 28.4 Å². The van der Waals surface area contributed by atoms with E-state index in [9.17, 15) is 4.79 Å². The third kappa shape index (κ3) is 6.23. The van der Waals surface area contributed by atoms with Gasteiger partial charge in [0.25, 0.3) is 5.91 Å². The van der Waals surface area contributed by atoms with Crippen LogP contribution < -0.4 is 10.1 Å². The molecule has 2 aromatic carbocycles. The summed E-state index contributed by atoms with van der Waals surface area (Å²) in [5.74, 6) is 1.03. The van der Waals surface area contributed by atoms with E-state index in [1.54, 1.807) is 7.11 Å². The molecule has 1 amide bonds. The van der Waals surface area contributed by atoms with E-state index in [0.717, 1.165) is 49.5 Å². The van der Waals surface area contributed by atoms with Crippen LogP contribution in [0.2, 0.25) is 0 Å². The molecule has 1 saturated heterocycles. The number of likely N-dealkylation sites (tertiary alicyclic amines) is 1. The van der Waals surface area contributed by atoms with Crippen molar-refractivity contribution in [1.82, 2.24) is 9.80 Å². The van der Waals surface area contributed by atoms with Gasteiger partial charge in [-0.2, -0.15) is 0 Å². The maximum absolute atomic E-state index is 12.5. The van der Waals surface area contributed by atoms with Crippen LogP contribution in [0.5, 0.6) is 5.75 Å². The Morgan fingerprint density at radius 1 is 1.10 bits per heavy atom. The fourth-order valence-corrected chi connectivity index (χ4v) is 4.41. The van der Waals surface area contributed by atoms with Gasteiger partial charge in [-0.3, -0.25) is 9.69 Å². The monoisotopic (exact) mass is 423 g/mol. The Hall–Kier alpha value is -2.53. The number of anilines is 1. The molecular formula is C26H37N3O2. The maximum atomic E-state index is 12.5. The van der Waals surface area contributed by atoms with Crippen molar-refractivity contribution < 1.29 is 9.53 Å². The van der Waals surface area contributed by atoms with E-state index in [4.69, 9.17) is 4.74 Å². The van der Waals surface area contributed by atoms with E-state index in [1.807, 2.05) is 49.1 Å². The largest absolute Gasteiger partial charge is 0.497 e. The first-order valence-corrected chi connectivity index (χ1v) is 11.7. The molecule has 168 valence electrons. The Kier molecular flexibility index (Phi) is 8.77. The van der Waals surface area contributed by atoms with Crippen LogP contribution in [0.4, 0.5) is 5.69 Å². The molecule has 0 radical (unpaired) electrons. The van der Waals surface area contributed by atoms with Gasteiger partial charge in [0, 0.05) is 36.9 Å². The summed E-state index contributed by atoms with van der Waals surface area (Å²) in [4.78, 5) is 16.9. The van der Waals surface area contributed by atoms with Gasteiger partial charge in [-0.15, -0.1) is 0 Å². The van der Waals surface area contributed by atoms with Crippen LogP contribution in [0.1, 0.15) is 61.5 Å². The van der Waals surface area contributed by atoms with Crippen molar-refractivity contribution >= 4 is 11.6 Å². The number of nitrogens with zero attached hydrogens (tertiary/aromatic N) is 2. The lowest BCUT2D eigenvalue weighted by atomic mass is 10.00. The SMILES string of the molecule is CCN(CC)C(=O)c1ccc(NCCCC(c2cccc(OC)c2)N2CCCC2)cc1. The van der Waals surface area contributed by atoms with Crippen LogP contribution in [-0.2, 0) is 0 Å². The number of hydrogen-bond acceptors (Lipinski definition) is 4. The summed E-state index contributed by atoms with van der Waals surface area (Å²) in [6.45, 7) is 8.77. The van der Waals surface area contributed by atoms with Crippen molar-refractivity contribution in [2.75, 3.05) is 45.2 Å². The second kappa shape index (κ2) is 11.8. The van der Waals surface area contributed by atoms with Gasteiger partial charge in [-0.1, -0.05) is 12.1 Å². The molecule has 1 heterocycles. The van der Waals surface area contributed by atoms with Crippen molar-refractivity contribution in [2.24, 2.45) is 0 Å². The number of amides is 1. The molecule has 0 spiro atoms. The Labute approximate surface area is 187 Å². The lowest BCUT2D eigenvalue weighted by molar-refractivity contribution is 0.0773. The number of methoxy groups -OCH3 is 1. The minimum Gasteiger partial charge on any atom is -0.497 e. The summed E-state index contributed by atoms with van der Waals surface area (Å²) in [6, 6.07) is 16.8. The van der Waals surface area contributed by atoms with Gasteiger partial charge in [-0.25, -0.2) is 0 Å². The third-order valence-electron chi connectivity index (χ3n) is 6.23. The Morgan fingerprint density at radius 3 is 2.45 bits per heavy atom. The topological polar surface area (TPSA) is 44.8 Å². The molecule has 2 aromatic rings. The summed E-state index contributed by atoms with van der Waals surface area (Å²) in [7, 11) is 1.73. The number of rotatable bonds is 11. The zero-order valence-corrected chi connectivity index (χ0v) is 19.3. The molecule has 5 nitrogen and oxygen atoms in total. The van der Waals surface area contributed by atoms with Crippen molar-refractivity contribution in [3.05, 3.63) is 59.7 Å². The second-order valence-corrected chi connectivity index (χ2v) is 8.16. The quantitative estimate of drug-likeness (QED) is 0.504. The molecule has 0 saturated carbocycles. The first kappa shape index (κ1) is 23.1. The van der Waals surface area contributed by atoms with Gasteiger partial charge in [0.2, 0.25) is 0 Å². The van der Waals surface area contributed by atoms with E-state index in [1.165, 1.54) is 31.5 Å². The van der Waals surface area contributed by atoms with E-state index >= 15 is 0 Å². The minimum absolute atomic E-state index is 0.100. The molecule has 3 rings (SSSR count). The van der Waals surface area contributed by atoms with Crippen molar-refractivity contribution in [3.8, 4) is 5.75 Å². The van der Waals surface area contributed by atoms with Gasteiger partial charge >= 0.3 is 0 Å². The van der Waals surface area contributed by atoms with E-state index in [0.29, 0.717) is 6.04 Å². The zero-order chi connectivity index (χ0) is 22.1. The van der Waals surface area contributed by atoms with Gasteiger partial charge in [0.1, 0.15) is 5.75 Å². The molecule has 1 aliphatic rings. The third-order valence-corrected chi connectivity index (χ3v) is 6.23. The fourth-order valence-electron chi connectivity index (χ4n) is 4.41. The van der Waals surface area contributed by atoms with Crippen LogP contribution in [0.25, 0.3) is 0 Å². The highest BCUT2D eigenvalue weighted by Crippen LogP contribution is 2.31. The van der Waals surface area contributed by atoms with Gasteiger partial charge in [-0.05, 0) is 94.6 Å². The first-order chi connectivity index (χ1) is 15.2. The van der Waals surface area contributed by atoms with Crippen LogP contribution >= 0.6 is 0 Å². The predicted molar refractivity (Wildman–Crippen MR) is 128 cm³/mol. The van der Waals surface area contributed by atoms with Gasteiger partial charge in [0.15, 0.2) is 0 Å². The predicted octanol–water partition coefficient (Wildman–Crippen LogP) is 5.21. The smallest absolute Gasteiger partial charge is 0.253 e. The molecule has 1 fully saturated rings. The standard InChI is InChI=1S/C26H37N3O2/c1-4-28(5-2)26(30)21-13-15-23(16-14-21)27-17-9-12-25(29-18-6-7-19-29)22-10-8-11-24(20-22)31-3/h8,10-11,13-16,20,25,27H,4-7,9,12,17-19H2,1-3H3. The van der Waals surface area contributed by atoms with Crippen molar-refractivity contribution in [2.45, 2.75) is 45.6 Å². The minimum atomic E-state index is 0.100. The molecule has 0 aromatic heterocycles. The number of benzene rings is 2. The van der Waals surface area contributed by atoms with Crippen LogP contribution in [-0.4, -0.2) is 55.5 Å². The first-order valence-electron chi connectivity index (χ1n) is 11.7. The van der Waals surface area contributed by atoms with E-state index in [-0.39, 0.29) is 5.91 Å². The molecule has 0 aliphatic carbocycles.